The van der Waals surface area contributed by atoms with Crippen LogP contribution in [0.2, 0.25) is 20.0 Å². The number of hydrogen-bond acceptors (Lipinski definition) is 0. The zero-order valence-electron chi connectivity index (χ0n) is 4.57. The normalized spacial score (nSPS) is 7.67. The van der Waals surface area contributed by atoms with E-state index in [2.05, 4.69) is 20.2 Å². The van der Waals surface area contributed by atoms with Gasteiger partial charge in [-0.15, -0.1) is 6.58 Å². The van der Waals surface area contributed by atoms with Crippen molar-refractivity contribution in [2.24, 2.45) is 0 Å². The summed E-state index contributed by atoms with van der Waals surface area (Å²) in [4.78, 5) is 0. The van der Waals surface area contributed by atoms with Crippen LogP contribution in [0, 0.1) is 0 Å². The first-order valence-corrected chi connectivity index (χ1v) is 2.38. The van der Waals surface area contributed by atoms with Crippen molar-refractivity contribution in [2.75, 3.05) is 0 Å². The summed E-state index contributed by atoms with van der Waals surface area (Å²) in [5.41, 5.74) is 0. The first-order chi connectivity index (χ1) is 2.77. The Bertz CT molecular complexity index is 39.2. The Balaban J connectivity index is 2.81. The molecule has 1 heteroatoms. The lowest BCUT2D eigenvalue weighted by molar-refractivity contribution is 1.63. The van der Waals surface area contributed by atoms with Crippen LogP contribution in [0.5, 0.6) is 0 Å². The van der Waals surface area contributed by atoms with Gasteiger partial charge in [0.1, 0.15) is 6.71 Å². The molecule has 0 unspecified atom stereocenters. The molecule has 0 N–H and O–H groups in total. The van der Waals surface area contributed by atoms with E-state index in [9.17, 15) is 0 Å². The standard InChI is InChI=1S/C5H11B/c1-4-5-6(2)3/h4H,1,5H2,2-3H3. The Morgan fingerprint density at radius 3 is 2.17 bits per heavy atom. The Hall–Kier alpha value is -0.195. The van der Waals surface area contributed by atoms with Gasteiger partial charge in [-0.3, -0.25) is 0 Å². The third-order valence-electron chi connectivity index (χ3n) is 0.638. The first kappa shape index (κ1) is 5.80. The highest BCUT2D eigenvalue weighted by atomic mass is 13.5. The Morgan fingerprint density at radius 2 is 2.17 bits per heavy atom. The molecule has 0 atom stereocenters. The molecule has 0 heterocycles. The molecular formula is C5H11B. The van der Waals surface area contributed by atoms with Gasteiger partial charge in [0.05, 0.1) is 0 Å². The number of hydrogen-bond donors (Lipinski definition) is 0. The summed E-state index contributed by atoms with van der Waals surface area (Å²) in [6.45, 7) is 8.75. The van der Waals surface area contributed by atoms with Crippen molar-refractivity contribution in [3.05, 3.63) is 12.7 Å². The minimum atomic E-state index is 0.780. The quantitative estimate of drug-likeness (QED) is 0.352. The van der Waals surface area contributed by atoms with Crippen LogP contribution in [0.25, 0.3) is 0 Å². The maximum Gasteiger partial charge on any atom is 0.137 e. The van der Waals surface area contributed by atoms with Crippen LogP contribution in [0.3, 0.4) is 0 Å². The van der Waals surface area contributed by atoms with E-state index >= 15 is 0 Å². The monoisotopic (exact) mass is 82.1 g/mol. The van der Waals surface area contributed by atoms with E-state index in [1.165, 1.54) is 0 Å². The van der Waals surface area contributed by atoms with Crippen molar-refractivity contribution in [2.45, 2.75) is 20.0 Å². The van der Waals surface area contributed by atoms with E-state index in [-0.39, 0.29) is 0 Å². The maximum atomic E-state index is 3.60. The summed E-state index contributed by atoms with van der Waals surface area (Å²) in [6.07, 6.45) is 3.09. The van der Waals surface area contributed by atoms with Gasteiger partial charge in [-0.25, -0.2) is 0 Å². The van der Waals surface area contributed by atoms with Crippen molar-refractivity contribution in [3.8, 4) is 0 Å². The summed E-state index contributed by atoms with van der Waals surface area (Å²) in [5.74, 6) is 0. The van der Waals surface area contributed by atoms with Crippen molar-refractivity contribution in [1.29, 1.82) is 0 Å². The summed E-state index contributed by atoms with van der Waals surface area (Å²) in [6, 6.07) is 0. The molecule has 0 rings (SSSR count). The molecule has 0 aliphatic carbocycles. The third-order valence-corrected chi connectivity index (χ3v) is 0.638. The Labute approximate surface area is 40.3 Å². The van der Waals surface area contributed by atoms with E-state index in [0.717, 1.165) is 13.0 Å². The summed E-state index contributed by atoms with van der Waals surface area (Å²) in [7, 11) is 0. The van der Waals surface area contributed by atoms with Crippen molar-refractivity contribution < 1.29 is 0 Å². The van der Waals surface area contributed by atoms with E-state index in [0.29, 0.717) is 0 Å². The Kier molecular flexibility index (Phi) is 2.92. The van der Waals surface area contributed by atoms with Crippen molar-refractivity contribution >= 4 is 6.71 Å². The zero-order valence-corrected chi connectivity index (χ0v) is 4.57. The van der Waals surface area contributed by atoms with Gasteiger partial charge in [-0.05, 0) is 0 Å². The fraction of sp³-hybridized carbons (Fsp3) is 0.600. The summed E-state index contributed by atoms with van der Waals surface area (Å²) < 4.78 is 0. The number of allylic oxidation sites excluding steroid dienone is 1. The summed E-state index contributed by atoms with van der Waals surface area (Å²) >= 11 is 0. The highest BCUT2D eigenvalue weighted by Gasteiger charge is 1.89. The average molecular weight is 82.0 g/mol. The molecule has 0 aromatic heterocycles. The highest BCUT2D eigenvalue weighted by molar-refractivity contribution is 6.56. The molecule has 0 nitrogen and oxygen atoms in total. The van der Waals surface area contributed by atoms with Gasteiger partial charge in [0.2, 0.25) is 0 Å². The minimum absolute atomic E-state index is 0.780. The van der Waals surface area contributed by atoms with Gasteiger partial charge in [-0.1, -0.05) is 26.0 Å². The molecule has 0 aliphatic rings. The van der Waals surface area contributed by atoms with Crippen molar-refractivity contribution in [1.82, 2.24) is 0 Å². The van der Waals surface area contributed by atoms with Gasteiger partial charge in [0.15, 0.2) is 0 Å². The molecule has 0 aromatic carbocycles. The van der Waals surface area contributed by atoms with Crippen molar-refractivity contribution in [3.63, 3.8) is 0 Å². The lowest BCUT2D eigenvalue weighted by Gasteiger charge is -1.87. The van der Waals surface area contributed by atoms with Gasteiger partial charge in [0.25, 0.3) is 0 Å². The molecule has 6 heavy (non-hydrogen) atoms. The van der Waals surface area contributed by atoms with Gasteiger partial charge in [0, 0.05) is 0 Å². The van der Waals surface area contributed by atoms with Crippen LogP contribution in [0.15, 0.2) is 12.7 Å². The third kappa shape index (κ3) is 3.80. The molecule has 0 aromatic rings. The highest BCUT2D eigenvalue weighted by Crippen LogP contribution is 1.87. The fourth-order valence-corrected chi connectivity index (χ4v) is 0.333. The number of rotatable bonds is 2. The van der Waals surface area contributed by atoms with Crippen LogP contribution >= 0.6 is 0 Å². The average Bonchev–Trinajstić information content (AvgIpc) is 1.35. The second-order valence-electron chi connectivity index (χ2n) is 1.92. The molecule has 0 fully saturated rings. The Morgan fingerprint density at radius 1 is 1.67 bits per heavy atom. The molecule has 0 radical (unpaired) electrons. The van der Waals surface area contributed by atoms with E-state index in [4.69, 9.17) is 0 Å². The molecule has 0 spiro atoms. The molecule has 0 amide bonds. The molecule has 0 saturated carbocycles. The minimum Gasteiger partial charge on any atom is -0.104 e. The van der Waals surface area contributed by atoms with Gasteiger partial charge < -0.3 is 0 Å². The zero-order chi connectivity index (χ0) is 4.99. The molecule has 0 aliphatic heterocycles. The van der Waals surface area contributed by atoms with Crippen LogP contribution in [-0.4, -0.2) is 6.71 Å². The topological polar surface area (TPSA) is 0 Å². The second-order valence-corrected chi connectivity index (χ2v) is 1.92. The SMILES string of the molecule is C=CCB(C)C. The lowest BCUT2D eigenvalue weighted by atomic mass is 9.52. The first-order valence-electron chi connectivity index (χ1n) is 2.38. The van der Waals surface area contributed by atoms with E-state index < -0.39 is 0 Å². The second kappa shape index (κ2) is 3.01. The predicted octanol–water partition coefficient (Wildman–Crippen LogP) is 1.93. The van der Waals surface area contributed by atoms with Crippen LogP contribution in [0.1, 0.15) is 0 Å². The molecular weight excluding hydrogens is 70.9 g/mol. The summed E-state index contributed by atoms with van der Waals surface area (Å²) in [5, 5.41) is 0. The molecule has 0 bridgehead atoms. The fourth-order valence-electron chi connectivity index (χ4n) is 0.333. The largest absolute Gasteiger partial charge is 0.137 e. The smallest absolute Gasteiger partial charge is 0.104 e. The van der Waals surface area contributed by atoms with Crippen LogP contribution in [-0.2, 0) is 0 Å². The van der Waals surface area contributed by atoms with E-state index in [1.807, 2.05) is 6.08 Å². The van der Waals surface area contributed by atoms with Gasteiger partial charge >= 0.3 is 0 Å². The van der Waals surface area contributed by atoms with Crippen LogP contribution < -0.4 is 0 Å². The molecule has 0 saturated heterocycles. The lowest BCUT2D eigenvalue weighted by Crippen LogP contribution is -1.93. The van der Waals surface area contributed by atoms with Crippen LogP contribution in [0.4, 0.5) is 0 Å². The maximum absolute atomic E-state index is 3.60. The molecule has 34 valence electrons. The predicted molar refractivity (Wildman–Crippen MR) is 32.5 cm³/mol. The van der Waals surface area contributed by atoms with Gasteiger partial charge in [-0.2, -0.15) is 0 Å². The van der Waals surface area contributed by atoms with E-state index in [1.54, 1.807) is 0 Å².